The lowest BCUT2D eigenvalue weighted by molar-refractivity contribution is -0.274. The first-order chi connectivity index (χ1) is 15.1. The summed E-state index contributed by atoms with van der Waals surface area (Å²) in [6.45, 7) is 2.00. The molecule has 0 N–H and O–H groups in total. The normalized spacial score (nSPS) is 14.8. The maximum absolute atomic E-state index is 12.6. The van der Waals surface area contributed by atoms with Gasteiger partial charge < -0.3 is 14.2 Å². The Kier molecular flexibility index (Phi) is 6.57. The first kappa shape index (κ1) is 23.7. The number of carbonyl (C=O) groups is 1. The Morgan fingerprint density at radius 1 is 1.38 bits per heavy atom. The summed E-state index contributed by atoms with van der Waals surface area (Å²) in [5.74, 6) is -1.21. The molecule has 0 atom stereocenters. The number of alkyl halides is 3. The minimum atomic E-state index is -4.95. The number of aromatic nitrogens is 2. The Hall–Kier alpha value is -2.97. The highest BCUT2D eigenvalue weighted by molar-refractivity contribution is 6.38. The third kappa shape index (κ3) is 4.47. The molecule has 2 aromatic rings. The molecule has 1 heterocycles. The molecule has 0 amide bonds. The number of hydrogen-bond acceptors (Lipinski definition) is 7. The molecular weight excluding hydrogens is 476 g/mol. The number of halogens is 5. The lowest BCUT2D eigenvalue weighted by atomic mass is 9.95. The van der Waals surface area contributed by atoms with Crippen molar-refractivity contribution >= 4 is 41.4 Å². The van der Waals surface area contributed by atoms with Crippen molar-refractivity contribution in [2.75, 3.05) is 13.7 Å². The summed E-state index contributed by atoms with van der Waals surface area (Å²) in [6.07, 6.45) is -3.09. The van der Waals surface area contributed by atoms with Gasteiger partial charge in [-0.2, -0.15) is 10.4 Å². The van der Waals surface area contributed by atoms with Gasteiger partial charge in [0.05, 0.1) is 34.7 Å². The van der Waals surface area contributed by atoms with Crippen LogP contribution in [0.4, 0.5) is 19.0 Å². The van der Waals surface area contributed by atoms with Crippen LogP contribution in [0.15, 0.2) is 17.1 Å². The number of methoxy groups -OCH3 is 1. The summed E-state index contributed by atoms with van der Waals surface area (Å²) >= 11 is 12.4. The van der Waals surface area contributed by atoms with Gasteiger partial charge in [0.1, 0.15) is 17.5 Å². The average Bonchev–Trinajstić information content (AvgIpc) is 3.42. The number of aliphatic imine (C=N–C) groups is 1. The number of hydrogen-bond donors (Lipinski definition) is 0. The van der Waals surface area contributed by atoms with E-state index in [9.17, 15) is 23.2 Å². The van der Waals surface area contributed by atoms with Gasteiger partial charge in [-0.3, -0.25) is 4.79 Å². The van der Waals surface area contributed by atoms with Crippen LogP contribution >= 0.6 is 23.2 Å². The van der Waals surface area contributed by atoms with E-state index >= 15 is 0 Å². The molecule has 32 heavy (non-hydrogen) atoms. The smallest absolute Gasteiger partial charge is 0.483 e. The molecule has 1 aliphatic carbocycles. The molecule has 0 radical (unpaired) electrons. The monoisotopic (exact) mass is 490 g/mol. The maximum Gasteiger partial charge on any atom is 0.573 e. The lowest BCUT2D eigenvalue weighted by Crippen LogP contribution is -2.22. The topological polar surface area (TPSA) is 98.7 Å². The first-order valence-corrected chi connectivity index (χ1v) is 9.85. The molecule has 1 aromatic heterocycles. The van der Waals surface area contributed by atoms with Gasteiger partial charge in [0, 0.05) is 12.1 Å². The van der Waals surface area contributed by atoms with Gasteiger partial charge in [0.15, 0.2) is 17.9 Å². The average molecular weight is 491 g/mol. The van der Waals surface area contributed by atoms with Gasteiger partial charge in [-0.05, 0) is 19.8 Å². The van der Waals surface area contributed by atoms with E-state index in [4.69, 9.17) is 32.7 Å². The molecule has 0 spiro atoms. The number of benzene rings is 1. The second-order valence-corrected chi connectivity index (χ2v) is 7.43. The van der Waals surface area contributed by atoms with Crippen molar-refractivity contribution in [3.8, 4) is 17.5 Å². The number of nitriles is 1. The molecule has 8 nitrogen and oxygen atoms in total. The van der Waals surface area contributed by atoms with Crippen LogP contribution in [0.1, 0.15) is 31.0 Å². The van der Waals surface area contributed by atoms with E-state index < -0.39 is 23.5 Å². The Balaban J connectivity index is 2.24. The van der Waals surface area contributed by atoms with E-state index in [2.05, 4.69) is 14.8 Å². The number of esters is 1. The second kappa shape index (κ2) is 8.88. The Morgan fingerprint density at radius 3 is 2.47 bits per heavy atom. The molecule has 1 aliphatic rings. The summed E-state index contributed by atoms with van der Waals surface area (Å²) < 4.78 is 52.7. The van der Waals surface area contributed by atoms with Crippen molar-refractivity contribution in [2.24, 2.45) is 4.99 Å². The number of rotatable bonds is 7. The molecule has 3 rings (SSSR count). The highest BCUT2D eigenvalue weighted by Gasteiger charge is 2.57. The van der Waals surface area contributed by atoms with E-state index in [1.807, 2.05) is 6.07 Å². The minimum absolute atomic E-state index is 0.00573. The lowest BCUT2D eigenvalue weighted by Gasteiger charge is -2.15. The second-order valence-electron chi connectivity index (χ2n) is 6.62. The zero-order valence-electron chi connectivity index (χ0n) is 16.7. The predicted molar refractivity (Wildman–Crippen MR) is 108 cm³/mol. The zero-order chi connectivity index (χ0) is 23.7. The van der Waals surface area contributed by atoms with Gasteiger partial charge in [-0.1, -0.05) is 23.2 Å². The Bertz CT molecular complexity index is 1100. The van der Waals surface area contributed by atoms with Crippen LogP contribution in [0, 0.1) is 11.3 Å². The largest absolute Gasteiger partial charge is 0.573 e. The number of ether oxygens (including phenoxy) is 3. The molecule has 0 bridgehead atoms. The van der Waals surface area contributed by atoms with Gasteiger partial charge in [-0.15, -0.1) is 13.2 Å². The maximum atomic E-state index is 12.6. The molecule has 1 fully saturated rings. The standard InChI is InChI=1S/C19H15Cl2F3N4O4/c1-3-31-9-26-16-14(18(4-5-18)17(29)30-2)13(8-25)27-28(16)15-11(20)6-10(7-12(15)21)32-19(22,23)24/h6-7,9H,3-5H2,1-2H3. The SMILES string of the molecule is CCOC=Nc1c(C2(C(=O)OC)CC2)c(C#N)nn1-c1c(Cl)cc(OC(F)(F)F)cc1Cl. The third-order valence-electron chi connectivity index (χ3n) is 4.62. The van der Waals surface area contributed by atoms with E-state index in [1.165, 1.54) is 7.11 Å². The zero-order valence-corrected chi connectivity index (χ0v) is 18.2. The highest BCUT2D eigenvalue weighted by atomic mass is 35.5. The van der Waals surface area contributed by atoms with Crippen LogP contribution in [-0.2, 0) is 19.7 Å². The molecule has 0 unspecified atom stereocenters. The molecular formula is C19H15Cl2F3N4O4. The first-order valence-electron chi connectivity index (χ1n) is 9.09. The predicted octanol–water partition coefficient (Wildman–Crippen LogP) is 4.85. The van der Waals surface area contributed by atoms with E-state index in [0.29, 0.717) is 12.8 Å². The Labute approximate surface area is 190 Å². The summed E-state index contributed by atoms with van der Waals surface area (Å²) in [5.41, 5.74) is -1.16. The molecule has 0 saturated heterocycles. The van der Waals surface area contributed by atoms with Crippen molar-refractivity contribution in [3.63, 3.8) is 0 Å². The Morgan fingerprint density at radius 2 is 2.00 bits per heavy atom. The van der Waals surface area contributed by atoms with Crippen LogP contribution in [0.25, 0.3) is 5.69 Å². The molecule has 1 saturated carbocycles. The molecule has 1 aromatic carbocycles. The minimum Gasteiger partial charge on any atom is -0.483 e. The van der Waals surface area contributed by atoms with Crippen LogP contribution in [0.2, 0.25) is 10.0 Å². The summed E-state index contributed by atoms with van der Waals surface area (Å²) in [5, 5.41) is 13.3. The van der Waals surface area contributed by atoms with Crippen LogP contribution < -0.4 is 4.74 Å². The van der Waals surface area contributed by atoms with Crippen LogP contribution in [-0.4, -0.2) is 42.2 Å². The van der Waals surface area contributed by atoms with E-state index in [1.54, 1.807) is 6.92 Å². The summed E-state index contributed by atoms with van der Waals surface area (Å²) in [6, 6.07) is 3.70. The van der Waals surface area contributed by atoms with Crippen molar-refractivity contribution in [1.82, 2.24) is 9.78 Å². The fourth-order valence-corrected chi connectivity index (χ4v) is 3.81. The number of carbonyl (C=O) groups excluding carboxylic acids is 1. The molecule has 170 valence electrons. The summed E-state index contributed by atoms with van der Waals surface area (Å²) in [4.78, 5) is 16.7. The van der Waals surface area contributed by atoms with Crippen molar-refractivity contribution in [3.05, 3.63) is 33.4 Å². The quantitative estimate of drug-likeness (QED) is 0.312. The molecule has 13 heteroatoms. The van der Waals surface area contributed by atoms with E-state index in [0.717, 1.165) is 23.2 Å². The fourth-order valence-electron chi connectivity index (χ4n) is 3.18. The van der Waals surface area contributed by atoms with Gasteiger partial charge in [-0.25, -0.2) is 9.67 Å². The van der Waals surface area contributed by atoms with Crippen molar-refractivity contribution < 1.29 is 32.2 Å². The number of nitrogens with zero attached hydrogens (tertiary/aromatic N) is 4. The van der Waals surface area contributed by atoms with Crippen molar-refractivity contribution in [1.29, 1.82) is 5.26 Å². The highest BCUT2D eigenvalue weighted by Crippen LogP contribution is 2.54. The van der Waals surface area contributed by atoms with Crippen LogP contribution in [0.5, 0.6) is 5.75 Å². The molecule has 0 aliphatic heterocycles. The third-order valence-corrected chi connectivity index (χ3v) is 5.20. The van der Waals surface area contributed by atoms with Gasteiger partial charge in [0.2, 0.25) is 0 Å². The van der Waals surface area contributed by atoms with Crippen molar-refractivity contribution in [2.45, 2.75) is 31.5 Å². The van der Waals surface area contributed by atoms with Gasteiger partial charge >= 0.3 is 12.3 Å². The fraction of sp³-hybridized carbons (Fsp3) is 0.368. The van der Waals surface area contributed by atoms with Crippen LogP contribution in [0.3, 0.4) is 0 Å². The van der Waals surface area contributed by atoms with E-state index in [-0.39, 0.29) is 39.4 Å². The summed E-state index contributed by atoms with van der Waals surface area (Å²) in [7, 11) is 1.22. The van der Waals surface area contributed by atoms with Gasteiger partial charge in [0.25, 0.3) is 0 Å².